The van der Waals surface area contributed by atoms with Gasteiger partial charge in [-0.25, -0.2) is 0 Å². The minimum Gasteiger partial charge on any atom is -0.379 e. The van der Waals surface area contributed by atoms with Gasteiger partial charge in [-0.3, -0.25) is 4.79 Å². The summed E-state index contributed by atoms with van der Waals surface area (Å²) in [7, 11) is 0. The molecule has 2 N–H and O–H groups in total. The minimum atomic E-state index is -0.0525. The zero-order chi connectivity index (χ0) is 15.4. The van der Waals surface area contributed by atoms with E-state index in [1.807, 2.05) is 25.1 Å². The number of nitrogens with one attached hydrogen (secondary N) is 2. The highest BCUT2D eigenvalue weighted by atomic mass is 16.5. The maximum absolute atomic E-state index is 12.1. The van der Waals surface area contributed by atoms with Crippen molar-refractivity contribution in [2.24, 2.45) is 5.92 Å². The van der Waals surface area contributed by atoms with Gasteiger partial charge in [-0.1, -0.05) is 13.8 Å². The van der Waals surface area contributed by atoms with Crippen LogP contribution in [0.15, 0.2) is 18.2 Å². The molecule has 0 spiro atoms. The van der Waals surface area contributed by atoms with E-state index in [0.717, 1.165) is 23.2 Å². The third-order valence-electron chi connectivity index (χ3n) is 3.55. The van der Waals surface area contributed by atoms with Crippen LogP contribution in [-0.4, -0.2) is 30.6 Å². The quantitative estimate of drug-likeness (QED) is 0.802. The number of ether oxygens (including phenoxy) is 1. The zero-order valence-electron chi connectivity index (χ0n) is 13.2. The Balaban J connectivity index is 1.95. The summed E-state index contributed by atoms with van der Waals surface area (Å²) in [5, 5.41) is 4.00. The third kappa shape index (κ3) is 3.85. The summed E-state index contributed by atoms with van der Waals surface area (Å²) in [6.07, 6.45) is 0. The zero-order valence-corrected chi connectivity index (χ0v) is 13.2. The molecule has 0 fully saturated rings. The van der Waals surface area contributed by atoms with Gasteiger partial charge in [-0.15, -0.1) is 0 Å². The molecule has 1 aromatic heterocycles. The number of aromatic nitrogens is 1. The monoisotopic (exact) mass is 288 g/mol. The highest BCUT2D eigenvalue weighted by Crippen LogP contribution is 2.22. The molecule has 4 nitrogen and oxygen atoms in total. The van der Waals surface area contributed by atoms with E-state index in [2.05, 4.69) is 31.1 Å². The summed E-state index contributed by atoms with van der Waals surface area (Å²) in [6, 6.07) is 5.75. The second-order valence-corrected chi connectivity index (χ2v) is 5.86. The van der Waals surface area contributed by atoms with Gasteiger partial charge in [0.2, 0.25) is 0 Å². The van der Waals surface area contributed by atoms with Crippen molar-refractivity contribution < 1.29 is 9.53 Å². The second-order valence-electron chi connectivity index (χ2n) is 5.86. The molecular formula is C17H24N2O2. The Kier molecular flexibility index (Phi) is 5.02. The largest absolute Gasteiger partial charge is 0.379 e. The first-order valence-corrected chi connectivity index (χ1v) is 7.44. The van der Waals surface area contributed by atoms with Gasteiger partial charge in [-0.2, -0.15) is 0 Å². The molecule has 2 rings (SSSR count). The summed E-state index contributed by atoms with van der Waals surface area (Å²) < 4.78 is 5.45. The number of fused-ring (bicyclic) bond motifs is 1. The SMILES string of the molecule is Cc1[nH]c2ccc(C(=O)NCCOCC(C)C)cc2c1C. The lowest BCUT2D eigenvalue weighted by Gasteiger charge is -2.08. The van der Waals surface area contributed by atoms with E-state index < -0.39 is 0 Å². The molecule has 0 bridgehead atoms. The number of benzene rings is 1. The van der Waals surface area contributed by atoms with Crippen molar-refractivity contribution in [3.63, 3.8) is 0 Å². The van der Waals surface area contributed by atoms with Crippen LogP contribution in [0, 0.1) is 19.8 Å². The number of H-pyrrole nitrogens is 1. The standard InChI is InChI=1S/C17H24N2O2/c1-11(2)10-21-8-7-18-17(20)14-5-6-16-15(9-14)12(3)13(4)19-16/h5-6,9,11,19H,7-8,10H2,1-4H3,(H,18,20). The van der Waals surface area contributed by atoms with Gasteiger partial charge >= 0.3 is 0 Å². The van der Waals surface area contributed by atoms with E-state index in [9.17, 15) is 4.79 Å². The van der Waals surface area contributed by atoms with Crippen LogP contribution < -0.4 is 5.32 Å². The van der Waals surface area contributed by atoms with E-state index in [0.29, 0.717) is 24.6 Å². The molecule has 4 heteroatoms. The molecule has 2 aromatic rings. The molecule has 0 saturated carbocycles. The lowest BCUT2D eigenvalue weighted by Crippen LogP contribution is -2.27. The molecule has 0 saturated heterocycles. The maximum atomic E-state index is 12.1. The van der Waals surface area contributed by atoms with Gasteiger partial charge in [0, 0.05) is 35.3 Å². The van der Waals surface area contributed by atoms with Crippen molar-refractivity contribution >= 4 is 16.8 Å². The van der Waals surface area contributed by atoms with Crippen LogP contribution in [0.5, 0.6) is 0 Å². The van der Waals surface area contributed by atoms with Crippen LogP contribution in [-0.2, 0) is 4.74 Å². The molecule has 0 aliphatic rings. The number of hydrogen-bond donors (Lipinski definition) is 2. The lowest BCUT2D eigenvalue weighted by molar-refractivity contribution is 0.0886. The van der Waals surface area contributed by atoms with E-state index in [1.165, 1.54) is 5.56 Å². The van der Waals surface area contributed by atoms with Crippen LogP contribution in [0.2, 0.25) is 0 Å². The molecule has 1 heterocycles. The lowest BCUT2D eigenvalue weighted by atomic mass is 10.1. The molecule has 0 unspecified atom stereocenters. The summed E-state index contributed by atoms with van der Waals surface area (Å²) in [5.41, 5.74) is 4.10. The average Bonchev–Trinajstić information content (AvgIpc) is 2.73. The number of amides is 1. The van der Waals surface area contributed by atoms with Crippen LogP contribution in [0.1, 0.15) is 35.5 Å². The Morgan fingerprint density at radius 1 is 1.33 bits per heavy atom. The fraction of sp³-hybridized carbons (Fsp3) is 0.471. The smallest absolute Gasteiger partial charge is 0.251 e. The molecule has 0 radical (unpaired) electrons. The summed E-state index contributed by atoms with van der Waals surface area (Å²) >= 11 is 0. The second kappa shape index (κ2) is 6.76. The number of carbonyl (C=O) groups is 1. The van der Waals surface area contributed by atoms with Crippen LogP contribution in [0.3, 0.4) is 0 Å². The fourth-order valence-corrected chi connectivity index (χ4v) is 2.26. The van der Waals surface area contributed by atoms with Gasteiger partial charge in [0.25, 0.3) is 5.91 Å². The highest BCUT2D eigenvalue weighted by Gasteiger charge is 2.09. The summed E-state index contributed by atoms with van der Waals surface area (Å²) in [5.74, 6) is 0.464. The first-order valence-electron chi connectivity index (χ1n) is 7.44. The predicted molar refractivity (Wildman–Crippen MR) is 85.8 cm³/mol. The number of carbonyl (C=O) groups excluding carboxylic acids is 1. The maximum Gasteiger partial charge on any atom is 0.251 e. The molecule has 0 atom stereocenters. The van der Waals surface area contributed by atoms with Crippen molar-refractivity contribution in [3.05, 3.63) is 35.0 Å². The number of rotatable bonds is 6. The van der Waals surface area contributed by atoms with Crippen molar-refractivity contribution in [1.82, 2.24) is 10.3 Å². The molecule has 1 aromatic carbocycles. The van der Waals surface area contributed by atoms with E-state index in [1.54, 1.807) is 0 Å². The first kappa shape index (κ1) is 15.6. The van der Waals surface area contributed by atoms with Crippen LogP contribution in [0.25, 0.3) is 10.9 Å². The normalized spacial score (nSPS) is 11.3. The minimum absolute atomic E-state index is 0.0525. The number of aromatic amines is 1. The Morgan fingerprint density at radius 3 is 2.81 bits per heavy atom. The molecular weight excluding hydrogens is 264 g/mol. The molecule has 114 valence electrons. The van der Waals surface area contributed by atoms with Crippen molar-refractivity contribution in [2.45, 2.75) is 27.7 Å². The van der Waals surface area contributed by atoms with Crippen molar-refractivity contribution in [3.8, 4) is 0 Å². The van der Waals surface area contributed by atoms with Gasteiger partial charge in [0.1, 0.15) is 0 Å². The Morgan fingerprint density at radius 2 is 2.10 bits per heavy atom. The summed E-state index contributed by atoms with van der Waals surface area (Å²) in [6.45, 7) is 10.1. The van der Waals surface area contributed by atoms with Crippen LogP contribution in [0.4, 0.5) is 0 Å². The Bertz CT molecular complexity index is 629. The van der Waals surface area contributed by atoms with Crippen LogP contribution >= 0.6 is 0 Å². The topological polar surface area (TPSA) is 54.1 Å². The molecule has 1 amide bonds. The third-order valence-corrected chi connectivity index (χ3v) is 3.55. The average molecular weight is 288 g/mol. The van der Waals surface area contributed by atoms with Gasteiger partial charge in [-0.05, 0) is 43.5 Å². The molecule has 0 aliphatic heterocycles. The Labute approximate surface area is 125 Å². The Hall–Kier alpha value is -1.81. The van der Waals surface area contributed by atoms with E-state index >= 15 is 0 Å². The summed E-state index contributed by atoms with van der Waals surface area (Å²) in [4.78, 5) is 15.4. The van der Waals surface area contributed by atoms with Gasteiger partial charge in [0.15, 0.2) is 0 Å². The predicted octanol–water partition coefficient (Wildman–Crippen LogP) is 3.19. The molecule has 0 aliphatic carbocycles. The van der Waals surface area contributed by atoms with Crippen molar-refractivity contribution in [1.29, 1.82) is 0 Å². The highest BCUT2D eigenvalue weighted by molar-refractivity contribution is 5.99. The fourth-order valence-electron chi connectivity index (χ4n) is 2.26. The number of hydrogen-bond acceptors (Lipinski definition) is 2. The first-order chi connectivity index (χ1) is 9.99. The van der Waals surface area contributed by atoms with Gasteiger partial charge < -0.3 is 15.0 Å². The molecule has 21 heavy (non-hydrogen) atoms. The van der Waals surface area contributed by atoms with Gasteiger partial charge in [0.05, 0.1) is 6.61 Å². The number of aryl methyl sites for hydroxylation is 2. The van der Waals surface area contributed by atoms with E-state index in [-0.39, 0.29) is 5.91 Å². The van der Waals surface area contributed by atoms with Crippen molar-refractivity contribution in [2.75, 3.05) is 19.8 Å². The van der Waals surface area contributed by atoms with E-state index in [4.69, 9.17) is 4.74 Å².